The Kier molecular flexibility index (Phi) is 3.02. The molecule has 1 amide bonds. The maximum atomic E-state index is 11.5. The fourth-order valence-electron chi connectivity index (χ4n) is 2.47. The van der Waals surface area contributed by atoms with E-state index in [4.69, 9.17) is 14.6 Å². The third-order valence-corrected chi connectivity index (χ3v) is 3.88. The Labute approximate surface area is 111 Å². The van der Waals surface area contributed by atoms with Crippen LogP contribution >= 0.6 is 0 Å². The van der Waals surface area contributed by atoms with Gasteiger partial charge in [0.2, 0.25) is 5.79 Å². The van der Waals surface area contributed by atoms with Gasteiger partial charge in [-0.3, -0.25) is 4.79 Å². The largest absolute Gasteiger partial charge is 0.481 e. The predicted octanol–water partition coefficient (Wildman–Crippen LogP) is 0.840. The van der Waals surface area contributed by atoms with Gasteiger partial charge in [-0.25, -0.2) is 4.79 Å². The molecule has 2 heterocycles. The lowest BCUT2D eigenvalue weighted by Crippen LogP contribution is -2.59. The number of nitrogens with zero attached hydrogens (tertiary/aromatic N) is 1. The summed E-state index contributed by atoms with van der Waals surface area (Å²) in [5.41, 5.74) is -1.61. The average molecular weight is 273 g/mol. The summed E-state index contributed by atoms with van der Waals surface area (Å²) in [6, 6.07) is 0. The molecule has 0 aromatic rings. The summed E-state index contributed by atoms with van der Waals surface area (Å²) < 4.78 is 11.4. The summed E-state index contributed by atoms with van der Waals surface area (Å²) in [4.78, 5) is 23.7. The van der Waals surface area contributed by atoms with Crippen LogP contribution in [0.2, 0.25) is 0 Å². The number of aliphatic carboxylic acids is 1. The van der Waals surface area contributed by atoms with Crippen molar-refractivity contribution >= 4 is 12.1 Å². The van der Waals surface area contributed by atoms with E-state index in [1.54, 1.807) is 0 Å². The Hall–Kier alpha value is -1.34. The van der Waals surface area contributed by atoms with Gasteiger partial charge in [0.1, 0.15) is 5.41 Å². The number of hydrogen-bond donors (Lipinski definition) is 2. The molecule has 0 aromatic carbocycles. The monoisotopic (exact) mass is 273 g/mol. The van der Waals surface area contributed by atoms with E-state index in [-0.39, 0.29) is 18.5 Å². The molecule has 7 nitrogen and oxygen atoms in total. The molecular weight excluding hydrogens is 254 g/mol. The molecule has 0 radical (unpaired) electrons. The van der Waals surface area contributed by atoms with Crippen LogP contribution in [0.1, 0.15) is 20.8 Å². The number of likely N-dealkylation sites (tertiary alicyclic amines) is 1. The first-order valence-corrected chi connectivity index (χ1v) is 6.11. The Morgan fingerprint density at radius 1 is 1.05 bits per heavy atom. The van der Waals surface area contributed by atoms with E-state index in [1.165, 1.54) is 6.92 Å². The minimum Gasteiger partial charge on any atom is -0.481 e. The van der Waals surface area contributed by atoms with Crippen LogP contribution in [-0.2, 0) is 14.3 Å². The van der Waals surface area contributed by atoms with Crippen LogP contribution < -0.4 is 0 Å². The van der Waals surface area contributed by atoms with E-state index in [1.807, 2.05) is 13.8 Å². The van der Waals surface area contributed by atoms with Gasteiger partial charge in [0.15, 0.2) is 0 Å². The molecule has 2 rings (SSSR count). The molecule has 2 saturated heterocycles. The molecule has 2 N–H and O–H groups in total. The second kappa shape index (κ2) is 4.08. The summed E-state index contributed by atoms with van der Waals surface area (Å²) in [7, 11) is 0. The molecule has 7 heteroatoms. The fourth-order valence-corrected chi connectivity index (χ4v) is 2.47. The summed E-state index contributed by atoms with van der Waals surface area (Å²) in [5, 5.41) is 18.5. The van der Waals surface area contributed by atoms with Crippen molar-refractivity contribution < 1.29 is 29.3 Å². The van der Waals surface area contributed by atoms with Crippen LogP contribution in [0.25, 0.3) is 0 Å². The zero-order chi connectivity index (χ0) is 14.5. The molecule has 108 valence electrons. The maximum absolute atomic E-state index is 11.5. The highest BCUT2D eigenvalue weighted by Crippen LogP contribution is 2.47. The normalized spacial score (nSPS) is 32.5. The lowest BCUT2D eigenvalue weighted by molar-refractivity contribution is -0.324. The number of ether oxygens (including phenoxy) is 2. The highest BCUT2D eigenvalue weighted by atomic mass is 16.7. The number of carboxylic acid groups (broad SMARTS) is 2. The minimum atomic E-state index is -1.40. The lowest BCUT2D eigenvalue weighted by atomic mass is 9.82. The topological polar surface area (TPSA) is 96.3 Å². The van der Waals surface area contributed by atoms with Crippen molar-refractivity contribution in [3.05, 3.63) is 0 Å². The van der Waals surface area contributed by atoms with Gasteiger partial charge in [0, 0.05) is 12.0 Å². The first-order chi connectivity index (χ1) is 8.62. The molecule has 19 heavy (non-hydrogen) atoms. The van der Waals surface area contributed by atoms with Gasteiger partial charge >= 0.3 is 12.1 Å². The number of amides is 1. The van der Waals surface area contributed by atoms with E-state index in [0.29, 0.717) is 13.2 Å². The van der Waals surface area contributed by atoms with Crippen LogP contribution in [0.5, 0.6) is 0 Å². The third-order valence-electron chi connectivity index (χ3n) is 3.88. The van der Waals surface area contributed by atoms with Crippen molar-refractivity contribution in [2.24, 2.45) is 10.8 Å². The van der Waals surface area contributed by atoms with E-state index in [2.05, 4.69) is 0 Å². The van der Waals surface area contributed by atoms with Gasteiger partial charge in [-0.05, 0) is 6.92 Å². The number of rotatable bonds is 1. The minimum absolute atomic E-state index is 0.0821. The molecule has 2 fully saturated rings. The molecule has 2 aliphatic rings. The molecule has 1 atom stereocenters. The zero-order valence-electron chi connectivity index (χ0n) is 11.3. The maximum Gasteiger partial charge on any atom is 0.407 e. The number of carbonyl (C=O) groups is 2. The Morgan fingerprint density at radius 2 is 1.58 bits per heavy atom. The van der Waals surface area contributed by atoms with Gasteiger partial charge in [0.25, 0.3) is 0 Å². The van der Waals surface area contributed by atoms with Crippen molar-refractivity contribution in [3.8, 4) is 0 Å². The first-order valence-electron chi connectivity index (χ1n) is 6.11. The molecule has 0 aliphatic carbocycles. The second-order valence-electron chi connectivity index (χ2n) is 6.27. The van der Waals surface area contributed by atoms with Gasteiger partial charge < -0.3 is 24.6 Å². The Morgan fingerprint density at radius 3 is 2.00 bits per heavy atom. The summed E-state index contributed by atoms with van der Waals surface area (Å²) >= 11 is 0. The van der Waals surface area contributed by atoms with Crippen LogP contribution in [0.4, 0.5) is 4.79 Å². The number of carboxylic acids is 1. The van der Waals surface area contributed by atoms with Gasteiger partial charge in [-0.1, -0.05) is 13.8 Å². The summed E-state index contributed by atoms with van der Waals surface area (Å²) in [5.74, 6) is -2.51. The van der Waals surface area contributed by atoms with E-state index in [0.717, 1.165) is 4.90 Å². The molecule has 2 aliphatic heterocycles. The smallest absolute Gasteiger partial charge is 0.407 e. The van der Waals surface area contributed by atoms with Crippen molar-refractivity contribution in [1.82, 2.24) is 4.90 Å². The fraction of sp³-hybridized carbons (Fsp3) is 0.833. The van der Waals surface area contributed by atoms with Crippen LogP contribution in [0, 0.1) is 10.8 Å². The van der Waals surface area contributed by atoms with Crippen molar-refractivity contribution in [3.63, 3.8) is 0 Å². The van der Waals surface area contributed by atoms with Gasteiger partial charge in [0.05, 0.1) is 19.8 Å². The molecular formula is C12H19NO6. The van der Waals surface area contributed by atoms with E-state index < -0.39 is 23.3 Å². The molecule has 0 saturated carbocycles. The molecule has 1 unspecified atom stereocenters. The van der Waals surface area contributed by atoms with Crippen molar-refractivity contribution in [2.75, 3.05) is 26.3 Å². The predicted molar refractivity (Wildman–Crippen MR) is 63.8 cm³/mol. The average Bonchev–Trinajstić information content (AvgIpc) is 2.59. The van der Waals surface area contributed by atoms with Gasteiger partial charge in [-0.15, -0.1) is 0 Å². The molecule has 0 aromatic heterocycles. The first kappa shape index (κ1) is 14.1. The SMILES string of the molecule is CC1(C)COC2(CN(C(=O)O)CC2(C)C(=O)O)OC1. The number of hydrogen-bond acceptors (Lipinski definition) is 4. The zero-order valence-corrected chi connectivity index (χ0v) is 11.3. The highest BCUT2D eigenvalue weighted by molar-refractivity contribution is 5.78. The van der Waals surface area contributed by atoms with Crippen molar-refractivity contribution in [2.45, 2.75) is 26.6 Å². The summed E-state index contributed by atoms with van der Waals surface area (Å²) in [6.07, 6.45) is -1.17. The Balaban J connectivity index is 2.31. The van der Waals surface area contributed by atoms with Gasteiger partial charge in [-0.2, -0.15) is 0 Å². The molecule has 0 bridgehead atoms. The lowest BCUT2D eigenvalue weighted by Gasteiger charge is -2.46. The second-order valence-corrected chi connectivity index (χ2v) is 6.27. The third kappa shape index (κ3) is 2.06. The van der Waals surface area contributed by atoms with Crippen LogP contribution in [0.3, 0.4) is 0 Å². The molecule has 1 spiro atoms. The van der Waals surface area contributed by atoms with Crippen molar-refractivity contribution in [1.29, 1.82) is 0 Å². The van der Waals surface area contributed by atoms with Crippen LogP contribution in [-0.4, -0.2) is 59.3 Å². The standard InChI is InChI=1S/C12H19NO6/c1-10(2)6-18-12(19-7-10)5-13(9(16)17)4-11(12,3)8(14)15/h4-7H2,1-3H3,(H,14,15)(H,16,17). The van der Waals surface area contributed by atoms with E-state index in [9.17, 15) is 14.7 Å². The van der Waals surface area contributed by atoms with Crippen LogP contribution in [0.15, 0.2) is 0 Å². The summed E-state index contributed by atoms with van der Waals surface area (Å²) in [6.45, 7) is 5.81. The highest BCUT2D eigenvalue weighted by Gasteiger charge is 2.65. The Bertz CT molecular complexity index is 410. The quantitative estimate of drug-likeness (QED) is 0.735. The van der Waals surface area contributed by atoms with E-state index >= 15 is 0 Å².